The summed E-state index contributed by atoms with van der Waals surface area (Å²) in [7, 11) is 0. The van der Waals surface area contributed by atoms with Crippen LogP contribution in [0.1, 0.15) is 38.2 Å². The van der Waals surface area contributed by atoms with E-state index in [-0.39, 0.29) is 6.42 Å². The van der Waals surface area contributed by atoms with E-state index in [2.05, 4.69) is 11.8 Å². The second-order valence-corrected chi connectivity index (χ2v) is 5.66. The Labute approximate surface area is 126 Å². The van der Waals surface area contributed by atoms with Gasteiger partial charge in [0.2, 0.25) is 0 Å². The fraction of sp³-hybridized carbons (Fsp3) is 0.588. The Morgan fingerprint density at radius 2 is 2.10 bits per heavy atom. The van der Waals surface area contributed by atoms with Crippen molar-refractivity contribution < 1.29 is 14.6 Å². The minimum Gasteiger partial charge on any atom is -0.492 e. The van der Waals surface area contributed by atoms with Crippen molar-refractivity contribution in [3.05, 3.63) is 29.8 Å². The molecular formula is C17H25NO3. The van der Waals surface area contributed by atoms with Gasteiger partial charge in [-0.25, -0.2) is 0 Å². The highest BCUT2D eigenvalue weighted by atomic mass is 16.5. The van der Waals surface area contributed by atoms with Crippen LogP contribution < -0.4 is 4.74 Å². The minimum atomic E-state index is -0.806. The summed E-state index contributed by atoms with van der Waals surface area (Å²) in [5.41, 5.74) is 0.803. The Morgan fingerprint density at radius 1 is 1.33 bits per heavy atom. The highest BCUT2D eigenvalue weighted by Gasteiger charge is 2.20. The molecule has 1 fully saturated rings. The summed E-state index contributed by atoms with van der Waals surface area (Å²) in [6, 6.07) is 8.05. The molecule has 1 N–H and O–H groups in total. The van der Waals surface area contributed by atoms with Gasteiger partial charge in [0.25, 0.3) is 0 Å². The van der Waals surface area contributed by atoms with Crippen LogP contribution in [-0.2, 0) is 11.2 Å². The molecule has 1 saturated heterocycles. The molecule has 4 heteroatoms. The smallest absolute Gasteiger partial charge is 0.307 e. The van der Waals surface area contributed by atoms with Crippen molar-refractivity contribution >= 4 is 5.97 Å². The van der Waals surface area contributed by atoms with E-state index in [0.717, 1.165) is 17.9 Å². The molecule has 1 aliphatic heterocycles. The first kappa shape index (κ1) is 15.8. The lowest BCUT2D eigenvalue weighted by molar-refractivity contribution is -0.136. The zero-order chi connectivity index (χ0) is 15.1. The fourth-order valence-electron chi connectivity index (χ4n) is 2.98. The molecule has 0 spiro atoms. The second-order valence-electron chi connectivity index (χ2n) is 5.66. The van der Waals surface area contributed by atoms with Crippen molar-refractivity contribution in [3.8, 4) is 5.75 Å². The maximum Gasteiger partial charge on any atom is 0.307 e. The molecule has 1 atom stereocenters. The van der Waals surface area contributed by atoms with Gasteiger partial charge in [0.1, 0.15) is 12.4 Å². The first-order valence-electron chi connectivity index (χ1n) is 7.86. The Hall–Kier alpha value is -1.55. The molecule has 1 unspecified atom stereocenters. The number of aliphatic carboxylic acids is 1. The molecule has 2 rings (SSSR count). The third-order valence-corrected chi connectivity index (χ3v) is 4.15. The highest BCUT2D eigenvalue weighted by molar-refractivity contribution is 5.70. The monoisotopic (exact) mass is 291 g/mol. The molecule has 1 aromatic carbocycles. The van der Waals surface area contributed by atoms with E-state index >= 15 is 0 Å². The number of likely N-dealkylation sites (tertiary alicyclic amines) is 1. The summed E-state index contributed by atoms with van der Waals surface area (Å²) in [6.07, 6.45) is 5.22. The Balaban J connectivity index is 1.76. The summed E-state index contributed by atoms with van der Waals surface area (Å²) < 4.78 is 5.77. The number of piperidine rings is 1. The molecule has 1 aliphatic rings. The number of hydrogen-bond acceptors (Lipinski definition) is 3. The van der Waals surface area contributed by atoms with Crippen LogP contribution >= 0.6 is 0 Å². The summed E-state index contributed by atoms with van der Waals surface area (Å²) in [4.78, 5) is 13.2. The van der Waals surface area contributed by atoms with Gasteiger partial charge in [-0.15, -0.1) is 0 Å². The van der Waals surface area contributed by atoms with Crippen LogP contribution in [0.2, 0.25) is 0 Å². The maximum atomic E-state index is 10.6. The van der Waals surface area contributed by atoms with Crippen LogP contribution in [0, 0.1) is 0 Å². The van der Waals surface area contributed by atoms with Crippen molar-refractivity contribution in [2.45, 2.75) is 45.1 Å². The van der Waals surface area contributed by atoms with Crippen molar-refractivity contribution in [2.24, 2.45) is 0 Å². The molecule has 0 aromatic heterocycles. The van der Waals surface area contributed by atoms with E-state index < -0.39 is 5.97 Å². The molecule has 21 heavy (non-hydrogen) atoms. The van der Waals surface area contributed by atoms with Crippen LogP contribution in [0.3, 0.4) is 0 Å². The summed E-state index contributed by atoms with van der Waals surface area (Å²) in [5, 5.41) is 8.73. The van der Waals surface area contributed by atoms with Gasteiger partial charge < -0.3 is 9.84 Å². The van der Waals surface area contributed by atoms with Gasteiger partial charge >= 0.3 is 5.97 Å². The number of ether oxygens (including phenoxy) is 1. The highest BCUT2D eigenvalue weighted by Crippen LogP contribution is 2.19. The average Bonchev–Trinajstić information content (AvgIpc) is 2.49. The van der Waals surface area contributed by atoms with E-state index in [9.17, 15) is 4.79 Å². The maximum absolute atomic E-state index is 10.6. The SMILES string of the molecule is CCC1CCCCN1CCOc1ccc(CC(=O)O)cc1. The van der Waals surface area contributed by atoms with Gasteiger partial charge in [-0.2, -0.15) is 0 Å². The predicted octanol–water partition coefficient (Wildman–Crippen LogP) is 2.96. The van der Waals surface area contributed by atoms with E-state index in [1.54, 1.807) is 0 Å². The number of hydrogen-bond donors (Lipinski definition) is 1. The van der Waals surface area contributed by atoms with Crippen molar-refractivity contribution in [3.63, 3.8) is 0 Å². The predicted molar refractivity (Wildman–Crippen MR) is 82.8 cm³/mol. The lowest BCUT2D eigenvalue weighted by atomic mass is 10.0. The van der Waals surface area contributed by atoms with Crippen molar-refractivity contribution in [1.82, 2.24) is 4.90 Å². The number of benzene rings is 1. The van der Waals surface area contributed by atoms with Crippen LogP contribution in [0.4, 0.5) is 0 Å². The van der Waals surface area contributed by atoms with Gasteiger partial charge in [-0.1, -0.05) is 25.5 Å². The van der Waals surface area contributed by atoms with Crippen LogP contribution in [0.5, 0.6) is 5.75 Å². The molecule has 1 heterocycles. The zero-order valence-electron chi connectivity index (χ0n) is 12.8. The standard InChI is InChI=1S/C17H25NO3/c1-2-15-5-3-4-10-18(15)11-12-21-16-8-6-14(7-9-16)13-17(19)20/h6-9,15H,2-5,10-13H2,1H3,(H,19,20). The average molecular weight is 291 g/mol. The molecule has 0 amide bonds. The molecule has 116 valence electrons. The molecule has 4 nitrogen and oxygen atoms in total. The molecule has 0 saturated carbocycles. The Bertz CT molecular complexity index is 444. The summed E-state index contributed by atoms with van der Waals surface area (Å²) >= 11 is 0. The Kier molecular flexibility index (Phi) is 6.05. The number of nitrogens with zero attached hydrogens (tertiary/aromatic N) is 1. The normalized spacial score (nSPS) is 19.4. The second kappa shape index (κ2) is 8.03. The largest absolute Gasteiger partial charge is 0.492 e. The van der Waals surface area contributed by atoms with Gasteiger partial charge in [0.15, 0.2) is 0 Å². The summed E-state index contributed by atoms with van der Waals surface area (Å²) in [6.45, 7) is 5.09. The van der Waals surface area contributed by atoms with Gasteiger partial charge in [-0.3, -0.25) is 9.69 Å². The first-order chi connectivity index (χ1) is 10.2. The lowest BCUT2D eigenvalue weighted by Crippen LogP contribution is -2.41. The molecule has 0 radical (unpaired) electrons. The lowest BCUT2D eigenvalue weighted by Gasteiger charge is -2.34. The molecule has 0 aliphatic carbocycles. The van der Waals surface area contributed by atoms with E-state index in [4.69, 9.17) is 9.84 Å². The van der Waals surface area contributed by atoms with Gasteiger partial charge in [-0.05, 0) is 43.5 Å². The van der Waals surface area contributed by atoms with Crippen LogP contribution in [0.25, 0.3) is 0 Å². The van der Waals surface area contributed by atoms with Crippen molar-refractivity contribution in [2.75, 3.05) is 19.7 Å². The topological polar surface area (TPSA) is 49.8 Å². The van der Waals surface area contributed by atoms with Gasteiger partial charge in [0, 0.05) is 12.6 Å². The quantitative estimate of drug-likeness (QED) is 0.839. The van der Waals surface area contributed by atoms with Crippen molar-refractivity contribution in [1.29, 1.82) is 0 Å². The number of carboxylic acid groups (broad SMARTS) is 1. The zero-order valence-corrected chi connectivity index (χ0v) is 12.8. The van der Waals surface area contributed by atoms with E-state index in [1.165, 1.54) is 32.2 Å². The molecule has 1 aromatic rings. The van der Waals surface area contributed by atoms with Crippen LogP contribution in [-0.4, -0.2) is 41.7 Å². The fourth-order valence-corrected chi connectivity index (χ4v) is 2.98. The minimum absolute atomic E-state index is 0.0617. The molecule has 0 bridgehead atoms. The number of carbonyl (C=O) groups is 1. The Morgan fingerprint density at radius 3 is 2.76 bits per heavy atom. The summed E-state index contributed by atoms with van der Waals surface area (Å²) in [5.74, 6) is 0.00794. The number of rotatable bonds is 7. The van der Waals surface area contributed by atoms with E-state index in [0.29, 0.717) is 12.6 Å². The third kappa shape index (κ3) is 5.05. The number of carboxylic acids is 1. The van der Waals surface area contributed by atoms with E-state index in [1.807, 2.05) is 24.3 Å². The molecular weight excluding hydrogens is 266 g/mol. The first-order valence-corrected chi connectivity index (χ1v) is 7.86. The van der Waals surface area contributed by atoms with Gasteiger partial charge in [0.05, 0.1) is 6.42 Å². The third-order valence-electron chi connectivity index (χ3n) is 4.15. The van der Waals surface area contributed by atoms with Crippen LogP contribution in [0.15, 0.2) is 24.3 Å².